The lowest BCUT2D eigenvalue weighted by molar-refractivity contribution is -0.132. The van der Waals surface area contributed by atoms with Crippen LogP contribution in [0.25, 0.3) is 16.7 Å². The molecule has 9 nitrogen and oxygen atoms in total. The van der Waals surface area contributed by atoms with Crippen molar-refractivity contribution in [1.29, 1.82) is 0 Å². The van der Waals surface area contributed by atoms with Gasteiger partial charge in [-0.05, 0) is 37.3 Å². The molecule has 0 bridgehead atoms. The van der Waals surface area contributed by atoms with Gasteiger partial charge in [-0.25, -0.2) is 13.4 Å². The fraction of sp³-hybridized carbons (Fsp3) is 0.391. The Balaban J connectivity index is 1.30. The van der Waals surface area contributed by atoms with Gasteiger partial charge in [-0.15, -0.1) is 0 Å². The van der Waals surface area contributed by atoms with E-state index in [1.807, 2.05) is 29.3 Å². The molecule has 1 aliphatic heterocycles. The van der Waals surface area contributed by atoms with Crippen LogP contribution >= 0.6 is 0 Å². The zero-order valence-electron chi connectivity index (χ0n) is 18.4. The van der Waals surface area contributed by atoms with E-state index in [1.54, 1.807) is 0 Å². The number of nitrogens with zero attached hydrogens (tertiary/aromatic N) is 5. The number of aromatic nitrogens is 5. The summed E-state index contributed by atoms with van der Waals surface area (Å²) in [5.41, 5.74) is 2.89. The number of piperidine rings is 1. The number of aromatic amines is 1. The third-order valence-electron chi connectivity index (χ3n) is 6.38. The molecule has 0 spiro atoms. The molecule has 33 heavy (non-hydrogen) atoms. The average Bonchev–Trinajstić information content (AvgIpc) is 3.45. The Labute approximate surface area is 191 Å². The summed E-state index contributed by atoms with van der Waals surface area (Å²) in [6, 6.07) is 8.17. The van der Waals surface area contributed by atoms with Crippen LogP contribution in [0.2, 0.25) is 0 Å². The second kappa shape index (κ2) is 8.58. The van der Waals surface area contributed by atoms with Crippen molar-refractivity contribution in [2.24, 2.45) is 0 Å². The first-order valence-corrected chi connectivity index (χ1v) is 13.0. The van der Waals surface area contributed by atoms with Gasteiger partial charge in [-0.1, -0.05) is 18.2 Å². The number of sulfone groups is 1. The van der Waals surface area contributed by atoms with Crippen LogP contribution in [0.3, 0.4) is 0 Å². The molecule has 0 saturated carbocycles. The zero-order valence-corrected chi connectivity index (χ0v) is 19.3. The van der Waals surface area contributed by atoms with Gasteiger partial charge in [-0.3, -0.25) is 4.79 Å². The average molecular weight is 467 g/mol. The highest BCUT2D eigenvalue weighted by Gasteiger charge is 2.31. The van der Waals surface area contributed by atoms with Gasteiger partial charge in [-0.2, -0.15) is 14.6 Å². The Hall–Kier alpha value is -3.27. The van der Waals surface area contributed by atoms with Crippen LogP contribution in [-0.2, 0) is 21.1 Å². The Bertz CT molecular complexity index is 1420. The number of fused-ring (bicyclic) bond motifs is 2. The number of nitrogens with one attached hydrogen (secondary N) is 1. The van der Waals surface area contributed by atoms with Gasteiger partial charge < -0.3 is 9.88 Å². The summed E-state index contributed by atoms with van der Waals surface area (Å²) in [6.45, 7) is 1.15. The van der Waals surface area contributed by atoms with E-state index in [4.69, 9.17) is 0 Å². The Morgan fingerprint density at radius 1 is 1.24 bits per heavy atom. The van der Waals surface area contributed by atoms with Crippen molar-refractivity contribution in [3.8, 4) is 0 Å². The quantitative estimate of drug-likeness (QED) is 0.467. The molecule has 1 aromatic carbocycles. The standard InChI is InChI=1S/C23H26N6O3S/c1-33(31,32)20-13-25-23-26-15-27-29(23)22(20)17-7-5-11-28(14-17)21(30)10-4-6-16-12-24-19-9-3-2-8-18(16)19/h2-3,8-9,12-13,15,17,24H,4-7,10-11,14H2,1H3/t17-/m0/s1. The van der Waals surface area contributed by atoms with E-state index in [0.717, 1.165) is 31.2 Å². The van der Waals surface area contributed by atoms with Gasteiger partial charge in [0.15, 0.2) is 9.84 Å². The molecule has 4 aromatic rings. The van der Waals surface area contributed by atoms with E-state index in [2.05, 4.69) is 26.1 Å². The fourth-order valence-electron chi connectivity index (χ4n) is 4.79. The van der Waals surface area contributed by atoms with Crippen molar-refractivity contribution in [2.75, 3.05) is 19.3 Å². The van der Waals surface area contributed by atoms with Crippen molar-refractivity contribution in [3.05, 3.63) is 54.2 Å². The SMILES string of the molecule is CS(=O)(=O)c1cnc2ncnn2c1[C@H]1CCCN(C(=O)CCCc2c[nH]c3ccccc23)C1. The number of carbonyl (C=O) groups excluding carboxylic acids is 1. The highest BCUT2D eigenvalue weighted by atomic mass is 32.2. The summed E-state index contributed by atoms with van der Waals surface area (Å²) in [5, 5.41) is 5.41. The van der Waals surface area contributed by atoms with E-state index < -0.39 is 9.84 Å². The van der Waals surface area contributed by atoms with E-state index in [0.29, 0.717) is 31.0 Å². The van der Waals surface area contributed by atoms with E-state index >= 15 is 0 Å². The van der Waals surface area contributed by atoms with Gasteiger partial charge in [0.2, 0.25) is 5.91 Å². The maximum absolute atomic E-state index is 13.0. The van der Waals surface area contributed by atoms with Gasteiger partial charge in [0.25, 0.3) is 5.78 Å². The number of amides is 1. The normalized spacial score (nSPS) is 17.1. The molecule has 1 aliphatic rings. The number of para-hydroxylation sites is 1. The number of benzene rings is 1. The lowest BCUT2D eigenvalue weighted by Crippen LogP contribution is -2.40. The third-order valence-corrected chi connectivity index (χ3v) is 7.49. The minimum atomic E-state index is -3.50. The van der Waals surface area contributed by atoms with E-state index in [-0.39, 0.29) is 16.7 Å². The van der Waals surface area contributed by atoms with Crippen LogP contribution in [-0.4, -0.2) is 63.1 Å². The second-order valence-electron chi connectivity index (χ2n) is 8.64. The topological polar surface area (TPSA) is 113 Å². The first kappa shape index (κ1) is 21.6. The molecule has 1 atom stereocenters. The number of H-pyrrole nitrogens is 1. The Morgan fingerprint density at radius 2 is 2.09 bits per heavy atom. The number of carbonyl (C=O) groups is 1. The van der Waals surface area contributed by atoms with Crippen LogP contribution in [0.5, 0.6) is 0 Å². The van der Waals surface area contributed by atoms with Gasteiger partial charge >= 0.3 is 0 Å². The lowest BCUT2D eigenvalue weighted by Gasteiger charge is -2.33. The summed E-state index contributed by atoms with van der Waals surface area (Å²) in [5.74, 6) is 0.317. The second-order valence-corrected chi connectivity index (χ2v) is 10.6. The van der Waals surface area contributed by atoms with Crippen LogP contribution in [0, 0.1) is 0 Å². The molecule has 5 rings (SSSR count). The molecular weight excluding hydrogens is 440 g/mol. The molecule has 1 amide bonds. The van der Waals surface area contributed by atoms with Crippen molar-refractivity contribution >= 4 is 32.4 Å². The number of hydrogen-bond acceptors (Lipinski definition) is 6. The summed E-state index contributed by atoms with van der Waals surface area (Å²) < 4.78 is 26.4. The Morgan fingerprint density at radius 3 is 2.94 bits per heavy atom. The molecule has 1 fully saturated rings. The largest absolute Gasteiger partial charge is 0.361 e. The predicted molar refractivity (Wildman–Crippen MR) is 124 cm³/mol. The summed E-state index contributed by atoms with van der Waals surface area (Å²) in [7, 11) is -3.50. The molecule has 4 heterocycles. The number of likely N-dealkylation sites (tertiary alicyclic amines) is 1. The molecule has 0 radical (unpaired) electrons. The molecule has 0 unspecified atom stereocenters. The molecule has 1 N–H and O–H groups in total. The number of rotatable bonds is 6. The van der Waals surface area contributed by atoms with Crippen LogP contribution in [0.15, 0.2) is 47.9 Å². The van der Waals surface area contributed by atoms with E-state index in [1.165, 1.54) is 34.2 Å². The minimum Gasteiger partial charge on any atom is -0.361 e. The lowest BCUT2D eigenvalue weighted by atomic mass is 9.94. The third kappa shape index (κ3) is 4.22. The molecule has 1 saturated heterocycles. The zero-order chi connectivity index (χ0) is 23.0. The van der Waals surface area contributed by atoms with Gasteiger partial charge in [0.05, 0.1) is 11.9 Å². The Kier molecular flexibility index (Phi) is 5.61. The summed E-state index contributed by atoms with van der Waals surface area (Å²) in [6.07, 6.45) is 9.55. The maximum atomic E-state index is 13.0. The fourth-order valence-corrected chi connectivity index (χ4v) is 5.67. The van der Waals surface area contributed by atoms with Crippen molar-refractivity contribution < 1.29 is 13.2 Å². The summed E-state index contributed by atoms with van der Waals surface area (Å²) in [4.78, 5) is 26.5. The van der Waals surface area contributed by atoms with E-state index in [9.17, 15) is 13.2 Å². The number of aryl methyl sites for hydroxylation is 1. The van der Waals surface area contributed by atoms with Gasteiger partial charge in [0.1, 0.15) is 11.2 Å². The molecule has 0 aliphatic carbocycles. The number of hydrogen-bond donors (Lipinski definition) is 1. The van der Waals surface area contributed by atoms with Crippen LogP contribution < -0.4 is 0 Å². The van der Waals surface area contributed by atoms with Crippen LogP contribution in [0.1, 0.15) is 42.9 Å². The monoisotopic (exact) mass is 466 g/mol. The smallest absolute Gasteiger partial charge is 0.252 e. The molecule has 172 valence electrons. The highest BCUT2D eigenvalue weighted by Crippen LogP contribution is 2.31. The van der Waals surface area contributed by atoms with Crippen molar-refractivity contribution in [3.63, 3.8) is 0 Å². The van der Waals surface area contributed by atoms with Crippen molar-refractivity contribution in [2.45, 2.75) is 42.9 Å². The highest BCUT2D eigenvalue weighted by molar-refractivity contribution is 7.90. The molecular formula is C23H26N6O3S. The van der Waals surface area contributed by atoms with Gasteiger partial charge in [0, 0.05) is 48.8 Å². The first-order valence-electron chi connectivity index (χ1n) is 11.1. The molecule has 10 heteroatoms. The van der Waals surface area contributed by atoms with Crippen molar-refractivity contribution in [1.82, 2.24) is 29.5 Å². The maximum Gasteiger partial charge on any atom is 0.252 e. The predicted octanol–water partition coefficient (Wildman–Crippen LogP) is 2.74. The molecule has 3 aromatic heterocycles. The summed E-state index contributed by atoms with van der Waals surface area (Å²) >= 11 is 0. The first-order chi connectivity index (χ1) is 15.9. The van der Waals surface area contributed by atoms with Crippen LogP contribution in [0.4, 0.5) is 0 Å². The minimum absolute atomic E-state index is 0.101.